The summed E-state index contributed by atoms with van der Waals surface area (Å²) in [7, 11) is 1.50. The van der Waals surface area contributed by atoms with Crippen LogP contribution in [0.4, 0.5) is 5.69 Å². The van der Waals surface area contributed by atoms with Crippen molar-refractivity contribution >= 4 is 11.6 Å². The molecule has 0 fully saturated rings. The lowest BCUT2D eigenvalue weighted by Crippen LogP contribution is -2.19. The molecule has 0 atom stereocenters. The van der Waals surface area contributed by atoms with Crippen molar-refractivity contribution in [2.75, 3.05) is 12.4 Å². The molecule has 2 rings (SSSR count). The Bertz CT molecular complexity index is 611. The van der Waals surface area contributed by atoms with Gasteiger partial charge in [0.05, 0.1) is 24.7 Å². The molecule has 1 aromatic heterocycles. The lowest BCUT2D eigenvalue weighted by Gasteiger charge is -2.08. The maximum absolute atomic E-state index is 11.8. The minimum atomic E-state index is -0.345. The SMILES string of the molecule is COc1ccc(O)c(NC(=O)Cn2cc(CN)nn2)c1. The lowest BCUT2D eigenvalue weighted by atomic mass is 10.2. The van der Waals surface area contributed by atoms with Crippen LogP contribution in [-0.2, 0) is 17.9 Å². The van der Waals surface area contributed by atoms with Gasteiger partial charge in [0.25, 0.3) is 0 Å². The first-order chi connectivity index (χ1) is 9.62. The number of methoxy groups -OCH3 is 1. The zero-order chi connectivity index (χ0) is 14.5. The Morgan fingerprint density at radius 2 is 2.35 bits per heavy atom. The molecule has 0 radical (unpaired) electrons. The second kappa shape index (κ2) is 6.02. The van der Waals surface area contributed by atoms with E-state index in [4.69, 9.17) is 10.5 Å². The number of anilines is 1. The normalized spacial score (nSPS) is 10.3. The largest absolute Gasteiger partial charge is 0.506 e. The smallest absolute Gasteiger partial charge is 0.246 e. The zero-order valence-electron chi connectivity index (χ0n) is 10.9. The van der Waals surface area contributed by atoms with E-state index < -0.39 is 0 Å². The van der Waals surface area contributed by atoms with Crippen molar-refractivity contribution in [3.8, 4) is 11.5 Å². The van der Waals surface area contributed by atoms with Gasteiger partial charge in [-0.05, 0) is 12.1 Å². The number of aromatic hydroxyl groups is 1. The molecule has 1 aromatic carbocycles. The molecule has 2 aromatic rings. The summed E-state index contributed by atoms with van der Waals surface area (Å²) in [5.41, 5.74) is 6.28. The highest BCUT2D eigenvalue weighted by Gasteiger charge is 2.09. The molecule has 0 aliphatic rings. The maximum Gasteiger partial charge on any atom is 0.246 e. The van der Waals surface area contributed by atoms with Crippen molar-refractivity contribution in [3.05, 3.63) is 30.1 Å². The van der Waals surface area contributed by atoms with E-state index in [1.54, 1.807) is 12.3 Å². The van der Waals surface area contributed by atoms with Crippen LogP contribution in [0.15, 0.2) is 24.4 Å². The van der Waals surface area contributed by atoms with E-state index in [1.165, 1.54) is 23.9 Å². The van der Waals surface area contributed by atoms with Crippen LogP contribution in [0.3, 0.4) is 0 Å². The van der Waals surface area contributed by atoms with E-state index in [-0.39, 0.29) is 30.4 Å². The van der Waals surface area contributed by atoms with Gasteiger partial charge in [-0.1, -0.05) is 5.21 Å². The molecule has 1 amide bonds. The highest BCUT2D eigenvalue weighted by Crippen LogP contribution is 2.27. The van der Waals surface area contributed by atoms with Gasteiger partial charge >= 0.3 is 0 Å². The Labute approximate surface area is 115 Å². The van der Waals surface area contributed by atoms with Crippen LogP contribution >= 0.6 is 0 Å². The molecular formula is C12H15N5O3. The van der Waals surface area contributed by atoms with Crippen LogP contribution in [0.1, 0.15) is 5.69 Å². The van der Waals surface area contributed by atoms with Crippen molar-refractivity contribution in [1.82, 2.24) is 15.0 Å². The summed E-state index contributed by atoms with van der Waals surface area (Å²) in [6, 6.07) is 4.56. The monoisotopic (exact) mass is 277 g/mol. The summed E-state index contributed by atoms with van der Waals surface area (Å²) in [4.78, 5) is 11.8. The molecule has 0 aliphatic heterocycles. The summed E-state index contributed by atoms with van der Waals surface area (Å²) in [5.74, 6) is 0.145. The third-order valence-electron chi connectivity index (χ3n) is 2.58. The van der Waals surface area contributed by atoms with E-state index in [0.717, 1.165) is 0 Å². The summed E-state index contributed by atoms with van der Waals surface area (Å²) in [5, 5.41) is 19.8. The van der Waals surface area contributed by atoms with Gasteiger partial charge in [0, 0.05) is 12.6 Å². The molecule has 8 nitrogen and oxygen atoms in total. The van der Waals surface area contributed by atoms with Crippen LogP contribution < -0.4 is 15.8 Å². The molecule has 0 saturated heterocycles. The molecule has 0 aliphatic carbocycles. The summed E-state index contributed by atoms with van der Waals surface area (Å²) in [6.07, 6.45) is 1.59. The minimum Gasteiger partial charge on any atom is -0.506 e. The molecule has 0 spiro atoms. The number of aromatic nitrogens is 3. The number of nitrogens with one attached hydrogen (secondary N) is 1. The predicted octanol–water partition coefficient (Wildman–Crippen LogP) is 0.0897. The molecule has 0 saturated carbocycles. The maximum atomic E-state index is 11.8. The Morgan fingerprint density at radius 1 is 1.55 bits per heavy atom. The Hall–Kier alpha value is -2.61. The van der Waals surface area contributed by atoms with E-state index in [1.807, 2.05) is 0 Å². The summed E-state index contributed by atoms with van der Waals surface area (Å²) in [6.45, 7) is 0.238. The van der Waals surface area contributed by atoms with Crippen molar-refractivity contribution < 1.29 is 14.6 Å². The second-order valence-corrected chi connectivity index (χ2v) is 4.04. The second-order valence-electron chi connectivity index (χ2n) is 4.04. The number of nitrogens with two attached hydrogens (primary N) is 1. The average molecular weight is 277 g/mol. The van der Waals surface area contributed by atoms with Crippen molar-refractivity contribution in [2.45, 2.75) is 13.1 Å². The number of benzene rings is 1. The van der Waals surface area contributed by atoms with Crippen molar-refractivity contribution in [2.24, 2.45) is 5.73 Å². The number of hydrogen-bond donors (Lipinski definition) is 3. The van der Waals surface area contributed by atoms with Gasteiger partial charge in [0.1, 0.15) is 18.0 Å². The van der Waals surface area contributed by atoms with E-state index >= 15 is 0 Å². The van der Waals surface area contributed by atoms with Gasteiger partial charge in [0.15, 0.2) is 0 Å². The van der Waals surface area contributed by atoms with Crippen molar-refractivity contribution in [3.63, 3.8) is 0 Å². The molecule has 106 valence electrons. The van der Waals surface area contributed by atoms with E-state index in [9.17, 15) is 9.90 Å². The van der Waals surface area contributed by atoms with Crippen molar-refractivity contribution in [1.29, 1.82) is 0 Å². The summed E-state index contributed by atoms with van der Waals surface area (Å²) < 4.78 is 6.39. The number of carbonyl (C=O) groups excluding carboxylic acids is 1. The molecule has 1 heterocycles. The van der Waals surface area contributed by atoms with Gasteiger partial charge in [-0.15, -0.1) is 5.10 Å². The lowest BCUT2D eigenvalue weighted by molar-refractivity contribution is -0.116. The van der Waals surface area contributed by atoms with Gasteiger partial charge in [-0.3, -0.25) is 4.79 Å². The van der Waals surface area contributed by atoms with Crippen LogP contribution in [0, 0.1) is 0 Å². The van der Waals surface area contributed by atoms with Crippen LogP contribution in [0.25, 0.3) is 0 Å². The van der Waals surface area contributed by atoms with Gasteiger partial charge in [-0.25, -0.2) is 4.68 Å². The number of hydrogen-bond acceptors (Lipinski definition) is 6. The molecule has 0 bridgehead atoms. The molecule has 8 heteroatoms. The first kappa shape index (κ1) is 13.8. The first-order valence-electron chi connectivity index (χ1n) is 5.88. The molecule has 20 heavy (non-hydrogen) atoms. The third-order valence-corrected chi connectivity index (χ3v) is 2.58. The van der Waals surface area contributed by atoms with Crippen LogP contribution in [0.5, 0.6) is 11.5 Å². The fourth-order valence-electron chi connectivity index (χ4n) is 1.59. The van der Waals surface area contributed by atoms with Gasteiger partial charge < -0.3 is 20.9 Å². The van der Waals surface area contributed by atoms with Gasteiger partial charge in [-0.2, -0.15) is 0 Å². The topological polar surface area (TPSA) is 115 Å². The first-order valence-corrected chi connectivity index (χ1v) is 5.88. The number of amides is 1. The van der Waals surface area contributed by atoms with Crippen LogP contribution in [0.2, 0.25) is 0 Å². The average Bonchev–Trinajstić information content (AvgIpc) is 2.88. The Balaban J connectivity index is 2.04. The van der Waals surface area contributed by atoms with E-state index in [2.05, 4.69) is 15.6 Å². The predicted molar refractivity (Wildman–Crippen MR) is 71.2 cm³/mol. The zero-order valence-corrected chi connectivity index (χ0v) is 10.9. The Kier molecular flexibility index (Phi) is 4.16. The minimum absolute atomic E-state index is 0.0242. The highest BCUT2D eigenvalue weighted by atomic mass is 16.5. The summed E-state index contributed by atoms with van der Waals surface area (Å²) >= 11 is 0. The quantitative estimate of drug-likeness (QED) is 0.667. The number of ether oxygens (including phenoxy) is 1. The van der Waals surface area contributed by atoms with E-state index in [0.29, 0.717) is 11.4 Å². The number of nitrogens with zero attached hydrogens (tertiary/aromatic N) is 3. The fourth-order valence-corrected chi connectivity index (χ4v) is 1.59. The van der Waals surface area contributed by atoms with Crippen LogP contribution in [-0.4, -0.2) is 33.1 Å². The fraction of sp³-hybridized carbons (Fsp3) is 0.250. The number of phenols is 1. The standard InChI is InChI=1S/C12H15N5O3/c1-20-9-2-3-11(18)10(4-9)14-12(19)7-17-6-8(5-13)15-16-17/h2-4,6,18H,5,7,13H2,1H3,(H,14,19). The number of phenolic OH excluding ortho intramolecular Hbond substituents is 1. The molecular weight excluding hydrogens is 262 g/mol. The van der Waals surface area contributed by atoms with Gasteiger partial charge in [0.2, 0.25) is 5.91 Å². The molecule has 0 unspecified atom stereocenters. The Morgan fingerprint density at radius 3 is 3.00 bits per heavy atom. The number of rotatable bonds is 5. The third kappa shape index (κ3) is 3.23. The highest BCUT2D eigenvalue weighted by molar-refractivity contribution is 5.92. The molecule has 4 N–H and O–H groups in total. The number of carbonyl (C=O) groups is 1.